The number of rotatable bonds is 2. The van der Waals surface area contributed by atoms with Gasteiger partial charge in [0.05, 0.1) is 11.3 Å². The number of benzene rings is 1. The SMILES string of the molecule is Cc1ccc(NN)c(C(N)=O)c1. The Kier molecular flexibility index (Phi) is 2.30. The van der Waals surface area contributed by atoms with Gasteiger partial charge in [-0.05, 0) is 19.1 Å². The molecule has 0 bridgehead atoms. The molecule has 4 nitrogen and oxygen atoms in total. The Balaban J connectivity index is 3.21. The van der Waals surface area contributed by atoms with Gasteiger partial charge in [0.15, 0.2) is 0 Å². The number of aryl methyl sites for hydroxylation is 1. The van der Waals surface area contributed by atoms with E-state index in [2.05, 4.69) is 5.43 Å². The summed E-state index contributed by atoms with van der Waals surface area (Å²) in [6, 6.07) is 5.26. The number of carbonyl (C=O) groups is 1. The normalized spacial score (nSPS) is 9.50. The molecule has 0 radical (unpaired) electrons. The molecule has 0 aliphatic rings. The lowest BCUT2D eigenvalue weighted by Gasteiger charge is -2.05. The van der Waals surface area contributed by atoms with Gasteiger partial charge in [-0.25, -0.2) is 0 Å². The quantitative estimate of drug-likeness (QED) is 0.437. The second-order valence-corrected chi connectivity index (χ2v) is 2.56. The van der Waals surface area contributed by atoms with Gasteiger partial charge in [0, 0.05) is 0 Å². The summed E-state index contributed by atoms with van der Waals surface area (Å²) in [5, 5.41) is 0. The molecule has 1 amide bonds. The highest BCUT2D eigenvalue weighted by molar-refractivity contribution is 5.98. The third-order valence-corrected chi connectivity index (χ3v) is 1.60. The first-order chi connectivity index (χ1) is 5.65. The molecule has 1 rings (SSSR count). The number of nitrogen functional groups attached to an aromatic ring is 1. The second-order valence-electron chi connectivity index (χ2n) is 2.56. The zero-order chi connectivity index (χ0) is 9.14. The molecule has 0 aliphatic carbocycles. The van der Waals surface area contributed by atoms with Crippen molar-refractivity contribution in [3.63, 3.8) is 0 Å². The molecule has 4 heteroatoms. The summed E-state index contributed by atoms with van der Waals surface area (Å²) in [4.78, 5) is 10.9. The van der Waals surface area contributed by atoms with Gasteiger partial charge >= 0.3 is 0 Å². The van der Waals surface area contributed by atoms with E-state index in [1.165, 1.54) is 0 Å². The van der Waals surface area contributed by atoms with Crippen molar-refractivity contribution in [1.29, 1.82) is 0 Å². The van der Waals surface area contributed by atoms with E-state index in [9.17, 15) is 4.79 Å². The summed E-state index contributed by atoms with van der Waals surface area (Å²) in [5.74, 6) is 4.70. The summed E-state index contributed by atoms with van der Waals surface area (Å²) in [6.45, 7) is 1.88. The van der Waals surface area contributed by atoms with Crippen LogP contribution in [0, 0.1) is 6.92 Å². The Morgan fingerprint density at radius 1 is 1.50 bits per heavy atom. The van der Waals surface area contributed by atoms with Crippen molar-refractivity contribution >= 4 is 11.6 Å². The molecule has 0 heterocycles. The molecule has 5 N–H and O–H groups in total. The van der Waals surface area contributed by atoms with Crippen molar-refractivity contribution in [3.8, 4) is 0 Å². The van der Waals surface area contributed by atoms with E-state index in [1.54, 1.807) is 12.1 Å². The molecular weight excluding hydrogens is 154 g/mol. The molecule has 64 valence electrons. The van der Waals surface area contributed by atoms with E-state index in [0.29, 0.717) is 11.3 Å². The van der Waals surface area contributed by atoms with E-state index in [1.807, 2.05) is 13.0 Å². The largest absolute Gasteiger partial charge is 0.366 e. The van der Waals surface area contributed by atoms with Crippen molar-refractivity contribution in [2.75, 3.05) is 5.43 Å². The smallest absolute Gasteiger partial charge is 0.250 e. The molecule has 0 fully saturated rings. The van der Waals surface area contributed by atoms with Gasteiger partial charge in [-0.3, -0.25) is 10.6 Å². The monoisotopic (exact) mass is 165 g/mol. The topological polar surface area (TPSA) is 81.1 Å². The van der Waals surface area contributed by atoms with Crippen LogP contribution in [-0.4, -0.2) is 5.91 Å². The van der Waals surface area contributed by atoms with Crippen molar-refractivity contribution < 1.29 is 4.79 Å². The van der Waals surface area contributed by atoms with E-state index in [0.717, 1.165) is 5.56 Å². The standard InChI is InChI=1S/C8H11N3O/c1-5-2-3-7(11-10)6(4-5)8(9)12/h2-4,11H,10H2,1H3,(H2,9,12). The first-order valence-corrected chi connectivity index (χ1v) is 3.52. The number of hydrogen-bond donors (Lipinski definition) is 3. The molecule has 0 spiro atoms. The number of nitrogens with two attached hydrogens (primary N) is 2. The van der Waals surface area contributed by atoms with Crippen LogP contribution in [0.1, 0.15) is 15.9 Å². The van der Waals surface area contributed by atoms with Gasteiger partial charge in [-0.1, -0.05) is 11.6 Å². The minimum Gasteiger partial charge on any atom is -0.366 e. The number of anilines is 1. The van der Waals surface area contributed by atoms with Gasteiger partial charge in [0.2, 0.25) is 0 Å². The highest BCUT2D eigenvalue weighted by Gasteiger charge is 2.05. The molecule has 0 aromatic heterocycles. The predicted octanol–water partition coefficient (Wildman–Crippen LogP) is 0.380. The van der Waals surface area contributed by atoms with Crippen LogP contribution in [0.3, 0.4) is 0 Å². The number of hydrogen-bond acceptors (Lipinski definition) is 3. The maximum atomic E-state index is 10.9. The van der Waals surface area contributed by atoms with Crippen LogP contribution < -0.4 is 17.0 Å². The van der Waals surface area contributed by atoms with Crippen molar-refractivity contribution in [3.05, 3.63) is 29.3 Å². The predicted molar refractivity (Wildman–Crippen MR) is 47.5 cm³/mol. The second kappa shape index (κ2) is 3.23. The van der Waals surface area contributed by atoms with E-state index >= 15 is 0 Å². The molecule has 1 aromatic rings. The first-order valence-electron chi connectivity index (χ1n) is 3.52. The molecular formula is C8H11N3O. The molecule has 0 aliphatic heterocycles. The lowest BCUT2D eigenvalue weighted by Crippen LogP contribution is -2.17. The molecule has 0 atom stereocenters. The Morgan fingerprint density at radius 2 is 2.17 bits per heavy atom. The summed E-state index contributed by atoms with van der Waals surface area (Å²) in [7, 11) is 0. The van der Waals surface area contributed by atoms with Gasteiger partial charge in [0.25, 0.3) is 5.91 Å². The molecule has 0 unspecified atom stereocenters. The lowest BCUT2D eigenvalue weighted by molar-refractivity contribution is 0.100. The molecule has 12 heavy (non-hydrogen) atoms. The Hall–Kier alpha value is -1.55. The average molecular weight is 165 g/mol. The van der Waals surface area contributed by atoms with Crippen molar-refractivity contribution in [1.82, 2.24) is 0 Å². The van der Waals surface area contributed by atoms with Crippen LogP contribution in [0.4, 0.5) is 5.69 Å². The van der Waals surface area contributed by atoms with Gasteiger partial charge in [-0.15, -0.1) is 0 Å². The first kappa shape index (κ1) is 8.55. The fourth-order valence-corrected chi connectivity index (χ4v) is 0.988. The lowest BCUT2D eigenvalue weighted by atomic mass is 10.1. The maximum Gasteiger partial charge on any atom is 0.250 e. The summed E-state index contributed by atoms with van der Waals surface area (Å²) >= 11 is 0. The van der Waals surface area contributed by atoms with Crippen LogP contribution in [0.25, 0.3) is 0 Å². The summed E-state index contributed by atoms with van der Waals surface area (Å²) in [5.41, 5.74) is 9.47. The molecule has 0 saturated carbocycles. The van der Waals surface area contributed by atoms with E-state index < -0.39 is 5.91 Å². The molecule has 1 aromatic carbocycles. The number of primary amides is 1. The van der Waals surface area contributed by atoms with Crippen LogP contribution in [0.5, 0.6) is 0 Å². The van der Waals surface area contributed by atoms with Gasteiger partial charge in [0.1, 0.15) is 0 Å². The van der Waals surface area contributed by atoms with E-state index in [-0.39, 0.29) is 0 Å². The average Bonchev–Trinajstić information content (AvgIpc) is 2.04. The zero-order valence-corrected chi connectivity index (χ0v) is 6.79. The number of hydrazine groups is 1. The number of carbonyl (C=O) groups excluding carboxylic acids is 1. The zero-order valence-electron chi connectivity index (χ0n) is 6.79. The summed E-state index contributed by atoms with van der Waals surface area (Å²) in [6.07, 6.45) is 0. The maximum absolute atomic E-state index is 10.9. The van der Waals surface area contributed by atoms with Crippen molar-refractivity contribution in [2.24, 2.45) is 11.6 Å². The van der Waals surface area contributed by atoms with Gasteiger partial charge < -0.3 is 11.2 Å². The van der Waals surface area contributed by atoms with E-state index in [4.69, 9.17) is 11.6 Å². The van der Waals surface area contributed by atoms with Crippen LogP contribution in [0.15, 0.2) is 18.2 Å². The van der Waals surface area contributed by atoms with Crippen LogP contribution >= 0.6 is 0 Å². The fourth-order valence-electron chi connectivity index (χ4n) is 0.988. The summed E-state index contributed by atoms with van der Waals surface area (Å²) < 4.78 is 0. The fraction of sp³-hybridized carbons (Fsp3) is 0.125. The Bertz CT molecular complexity index is 309. The Morgan fingerprint density at radius 3 is 2.67 bits per heavy atom. The van der Waals surface area contributed by atoms with Crippen LogP contribution in [0.2, 0.25) is 0 Å². The number of nitrogens with one attached hydrogen (secondary N) is 1. The highest BCUT2D eigenvalue weighted by Crippen LogP contribution is 2.14. The Labute approximate surface area is 70.5 Å². The molecule has 0 saturated heterocycles. The third kappa shape index (κ3) is 1.54. The van der Waals surface area contributed by atoms with Gasteiger partial charge in [-0.2, -0.15) is 0 Å². The van der Waals surface area contributed by atoms with Crippen LogP contribution in [-0.2, 0) is 0 Å². The minimum atomic E-state index is -0.480. The number of amides is 1. The highest BCUT2D eigenvalue weighted by atomic mass is 16.1. The third-order valence-electron chi connectivity index (χ3n) is 1.60. The van der Waals surface area contributed by atoms with Crippen molar-refractivity contribution in [2.45, 2.75) is 6.92 Å². The minimum absolute atomic E-state index is 0.414.